The number of amides is 1. The van der Waals surface area contributed by atoms with Gasteiger partial charge >= 0.3 is 6.09 Å². The van der Waals surface area contributed by atoms with Gasteiger partial charge in [0, 0.05) is 19.1 Å². The normalized spacial score (nSPS) is 23.4. The predicted molar refractivity (Wildman–Crippen MR) is 69.1 cm³/mol. The Morgan fingerprint density at radius 1 is 1.47 bits per heavy atom. The monoisotopic (exact) mass is 242 g/mol. The summed E-state index contributed by atoms with van der Waals surface area (Å²) in [6.45, 7) is 9.51. The molecule has 0 radical (unpaired) electrons. The highest BCUT2D eigenvalue weighted by Crippen LogP contribution is 2.21. The molecular formula is C13H26N2O2. The van der Waals surface area contributed by atoms with Crippen molar-refractivity contribution in [2.24, 2.45) is 5.92 Å². The number of likely N-dealkylation sites (tertiary alicyclic amines) is 1. The van der Waals surface area contributed by atoms with E-state index in [2.05, 4.69) is 12.2 Å². The van der Waals surface area contributed by atoms with E-state index in [9.17, 15) is 4.79 Å². The van der Waals surface area contributed by atoms with Crippen LogP contribution in [0, 0.1) is 5.92 Å². The second-order valence-electron chi connectivity index (χ2n) is 5.91. The van der Waals surface area contributed by atoms with Gasteiger partial charge in [-0.2, -0.15) is 0 Å². The molecule has 0 saturated carbocycles. The van der Waals surface area contributed by atoms with E-state index in [0.717, 1.165) is 19.5 Å². The number of ether oxygens (including phenoxy) is 1. The third-order valence-electron chi connectivity index (χ3n) is 3.27. The molecule has 0 unspecified atom stereocenters. The lowest BCUT2D eigenvalue weighted by Crippen LogP contribution is -2.47. The molecule has 1 fully saturated rings. The van der Waals surface area contributed by atoms with E-state index in [1.165, 1.54) is 6.42 Å². The summed E-state index contributed by atoms with van der Waals surface area (Å²) >= 11 is 0. The number of hydrogen-bond acceptors (Lipinski definition) is 3. The van der Waals surface area contributed by atoms with Crippen LogP contribution in [0.5, 0.6) is 0 Å². The Morgan fingerprint density at radius 3 is 2.65 bits per heavy atom. The third-order valence-corrected chi connectivity index (χ3v) is 3.27. The number of rotatable bonds is 2. The van der Waals surface area contributed by atoms with Gasteiger partial charge in [0.25, 0.3) is 0 Å². The van der Waals surface area contributed by atoms with E-state index in [0.29, 0.717) is 12.0 Å². The molecule has 100 valence electrons. The molecule has 1 N–H and O–H groups in total. The second-order valence-corrected chi connectivity index (χ2v) is 5.91. The van der Waals surface area contributed by atoms with Crippen molar-refractivity contribution in [1.29, 1.82) is 0 Å². The summed E-state index contributed by atoms with van der Waals surface area (Å²) in [4.78, 5) is 13.8. The fraction of sp³-hybridized carbons (Fsp3) is 0.923. The summed E-state index contributed by atoms with van der Waals surface area (Å²) in [5, 5.41) is 3.26. The summed E-state index contributed by atoms with van der Waals surface area (Å²) in [5.41, 5.74) is -0.404. The first kappa shape index (κ1) is 14.3. The lowest BCUT2D eigenvalue weighted by atomic mass is 9.92. The number of nitrogens with one attached hydrogen (secondary N) is 1. The van der Waals surface area contributed by atoms with Gasteiger partial charge in [-0.1, -0.05) is 0 Å². The Hall–Kier alpha value is -0.770. The zero-order chi connectivity index (χ0) is 13.1. The van der Waals surface area contributed by atoms with Crippen LogP contribution in [0.25, 0.3) is 0 Å². The lowest BCUT2D eigenvalue weighted by molar-refractivity contribution is 0.0150. The van der Waals surface area contributed by atoms with Crippen molar-refractivity contribution in [2.45, 2.75) is 52.2 Å². The largest absolute Gasteiger partial charge is 0.444 e. The van der Waals surface area contributed by atoms with Crippen molar-refractivity contribution in [1.82, 2.24) is 10.2 Å². The van der Waals surface area contributed by atoms with E-state index in [-0.39, 0.29) is 6.09 Å². The molecule has 0 aromatic heterocycles. The summed E-state index contributed by atoms with van der Waals surface area (Å²) in [6, 6.07) is 0.445. The summed E-state index contributed by atoms with van der Waals surface area (Å²) in [7, 11) is 1.97. The molecule has 1 heterocycles. The average molecular weight is 242 g/mol. The van der Waals surface area contributed by atoms with Gasteiger partial charge in [0.1, 0.15) is 5.60 Å². The van der Waals surface area contributed by atoms with Crippen LogP contribution in [0.15, 0.2) is 0 Å². The number of carbonyl (C=O) groups excluding carboxylic acids is 1. The highest BCUT2D eigenvalue weighted by Gasteiger charge is 2.29. The molecular weight excluding hydrogens is 216 g/mol. The minimum Gasteiger partial charge on any atom is -0.444 e. The highest BCUT2D eigenvalue weighted by atomic mass is 16.6. The van der Waals surface area contributed by atoms with Crippen molar-refractivity contribution in [3.63, 3.8) is 0 Å². The molecule has 0 aromatic rings. The van der Waals surface area contributed by atoms with Gasteiger partial charge < -0.3 is 15.0 Å². The molecule has 0 aliphatic carbocycles. The van der Waals surface area contributed by atoms with Crippen molar-refractivity contribution >= 4 is 6.09 Å². The maximum Gasteiger partial charge on any atom is 0.410 e. The van der Waals surface area contributed by atoms with E-state index < -0.39 is 5.60 Å². The van der Waals surface area contributed by atoms with Crippen LogP contribution in [0.3, 0.4) is 0 Å². The maximum absolute atomic E-state index is 12.0. The zero-order valence-electron chi connectivity index (χ0n) is 11.7. The molecule has 0 aromatic carbocycles. The predicted octanol–water partition coefficient (Wildman–Crippen LogP) is 2.24. The van der Waals surface area contributed by atoms with Gasteiger partial charge in [0.2, 0.25) is 0 Å². The minimum atomic E-state index is -0.404. The number of nitrogens with zero attached hydrogens (tertiary/aromatic N) is 1. The zero-order valence-corrected chi connectivity index (χ0v) is 11.7. The van der Waals surface area contributed by atoms with Crippen LogP contribution in [-0.4, -0.2) is 42.8 Å². The summed E-state index contributed by atoms with van der Waals surface area (Å²) in [5.74, 6) is 0.529. The Bertz CT molecular complexity index is 261. The quantitative estimate of drug-likeness (QED) is 0.807. The van der Waals surface area contributed by atoms with Crippen LogP contribution in [0.1, 0.15) is 40.5 Å². The molecule has 0 spiro atoms. The second kappa shape index (κ2) is 5.71. The minimum absolute atomic E-state index is 0.175. The van der Waals surface area contributed by atoms with Crippen LogP contribution in [-0.2, 0) is 4.74 Å². The van der Waals surface area contributed by atoms with Crippen molar-refractivity contribution < 1.29 is 9.53 Å². The van der Waals surface area contributed by atoms with Crippen LogP contribution in [0.2, 0.25) is 0 Å². The average Bonchev–Trinajstić information content (AvgIpc) is 2.26. The molecule has 0 bridgehead atoms. The van der Waals surface area contributed by atoms with Gasteiger partial charge in [-0.25, -0.2) is 4.79 Å². The fourth-order valence-electron chi connectivity index (χ4n) is 2.15. The highest BCUT2D eigenvalue weighted by molar-refractivity contribution is 5.68. The topological polar surface area (TPSA) is 41.6 Å². The van der Waals surface area contributed by atoms with Gasteiger partial charge in [0.05, 0.1) is 0 Å². The lowest BCUT2D eigenvalue weighted by Gasteiger charge is -2.36. The van der Waals surface area contributed by atoms with Crippen LogP contribution >= 0.6 is 0 Å². The van der Waals surface area contributed by atoms with Gasteiger partial charge in [0.15, 0.2) is 0 Å². The van der Waals surface area contributed by atoms with E-state index in [1.54, 1.807) is 0 Å². The first-order valence-electron chi connectivity index (χ1n) is 6.48. The van der Waals surface area contributed by atoms with Crippen molar-refractivity contribution in [3.8, 4) is 0 Å². The smallest absolute Gasteiger partial charge is 0.410 e. The standard InChI is InChI=1S/C13H26N2O2/c1-10(14-5)11-7-6-8-15(9-11)12(16)17-13(2,3)4/h10-11,14H,6-9H2,1-5H3/t10-,11-/m0/s1. The Balaban J connectivity index is 2.52. The Labute approximate surface area is 105 Å². The van der Waals surface area contributed by atoms with Crippen molar-refractivity contribution in [3.05, 3.63) is 0 Å². The van der Waals surface area contributed by atoms with Crippen molar-refractivity contribution in [2.75, 3.05) is 20.1 Å². The summed E-state index contributed by atoms with van der Waals surface area (Å²) in [6.07, 6.45) is 2.07. The molecule has 1 rings (SSSR count). The molecule has 4 heteroatoms. The SMILES string of the molecule is CN[C@@H](C)[C@H]1CCCN(C(=O)OC(C)(C)C)C1. The first-order chi connectivity index (χ1) is 7.83. The third kappa shape index (κ3) is 4.54. The Kier molecular flexibility index (Phi) is 4.80. The van der Waals surface area contributed by atoms with Crippen LogP contribution in [0.4, 0.5) is 4.79 Å². The number of carbonyl (C=O) groups is 1. The molecule has 1 aliphatic heterocycles. The molecule has 4 nitrogen and oxygen atoms in total. The summed E-state index contributed by atoms with van der Waals surface area (Å²) < 4.78 is 5.41. The van der Waals surface area contributed by atoms with Gasteiger partial charge in [-0.15, -0.1) is 0 Å². The van der Waals surface area contributed by atoms with E-state index in [4.69, 9.17) is 4.74 Å². The first-order valence-corrected chi connectivity index (χ1v) is 6.48. The Morgan fingerprint density at radius 2 is 2.12 bits per heavy atom. The number of hydrogen-bond donors (Lipinski definition) is 1. The fourth-order valence-corrected chi connectivity index (χ4v) is 2.15. The van der Waals surface area contributed by atoms with Crippen LogP contribution < -0.4 is 5.32 Å². The van der Waals surface area contributed by atoms with E-state index in [1.807, 2.05) is 32.7 Å². The molecule has 2 atom stereocenters. The number of piperidine rings is 1. The maximum atomic E-state index is 12.0. The van der Waals surface area contributed by atoms with Gasteiger partial charge in [-0.05, 0) is 53.5 Å². The molecule has 1 aliphatic rings. The molecule has 17 heavy (non-hydrogen) atoms. The van der Waals surface area contributed by atoms with Gasteiger partial charge in [-0.3, -0.25) is 0 Å². The molecule has 1 saturated heterocycles. The molecule has 1 amide bonds. The van der Waals surface area contributed by atoms with E-state index >= 15 is 0 Å².